The van der Waals surface area contributed by atoms with Gasteiger partial charge in [0, 0.05) is 16.2 Å². The quantitative estimate of drug-likeness (QED) is 0.720. The first kappa shape index (κ1) is 13.4. The molecule has 0 N–H and O–H groups in total. The Balaban J connectivity index is 1.80. The van der Waals surface area contributed by atoms with Crippen molar-refractivity contribution in [3.8, 4) is 0 Å². The maximum absolute atomic E-state index is 12.8. The minimum atomic E-state index is 0.249. The van der Waals surface area contributed by atoms with Crippen molar-refractivity contribution in [3.05, 3.63) is 33.4 Å². The van der Waals surface area contributed by atoms with Gasteiger partial charge in [-0.05, 0) is 66.3 Å². The van der Waals surface area contributed by atoms with Crippen LogP contribution in [-0.4, -0.2) is 23.4 Å². The van der Waals surface area contributed by atoms with E-state index in [0.717, 1.165) is 21.6 Å². The standard InChI is InChI=1S/C16H20INO/c17-14-9-4-3-8-13(14)16(19)18-11-5-10-15(18)12-6-1-2-7-12/h3-4,8-9,12,15H,1-2,5-7,10-11H2. The summed E-state index contributed by atoms with van der Waals surface area (Å²) < 4.78 is 1.07. The lowest BCUT2D eigenvalue weighted by atomic mass is 9.95. The van der Waals surface area contributed by atoms with Crippen LogP contribution in [0.3, 0.4) is 0 Å². The molecule has 102 valence electrons. The first-order valence-corrected chi connectivity index (χ1v) is 8.41. The van der Waals surface area contributed by atoms with Gasteiger partial charge in [-0.15, -0.1) is 0 Å². The lowest BCUT2D eigenvalue weighted by Crippen LogP contribution is -2.39. The third-order valence-corrected chi connectivity index (χ3v) is 5.55. The van der Waals surface area contributed by atoms with Crippen LogP contribution < -0.4 is 0 Å². The van der Waals surface area contributed by atoms with Gasteiger partial charge in [0.05, 0.1) is 5.56 Å². The fraction of sp³-hybridized carbons (Fsp3) is 0.562. The van der Waals surface area contributed by atoms with E-state index in [4.69, 9.17) is 0 Å². The molecule has 3 heteroatoms. The van der Waals surface area contributed by atoms with E-state index >= 15 is 0 Å². The fourth-order valence-electron chi connectivity index (χ4n) is 3.67. The van der Waals surface area contributed by atoms with Crippen LogP contribution in [0.1, 0.15) is 48.9 Å². The van der Waals surface area contributed by atoms with Crippen LogP contribution in [0.5, 0.6) is 0 Å². The number of benzene rings is 1. The van der Waals surface area contributed by atoms with Crippen LogP contribution in [0.25, 0.3) is 0 Å². The molecule has 19 heavy (non-hydrogen) atoms. The minimum Gasteiger partial charge on any atom is -0.335 e. The van der Waals surface area contributed by atoms with Crippen LogP contribution in [0.2, 0.25) is 0 Å². The van der Waals surface area contributed by atoms with Crippen molar-refractivity contribution in [3.63, 3.8) is 0 Å². The molecule has 0 spiro atoms. The zero-order valence-electron chi connectivity index (χ0n) is 11.1. The molecule has 1 aliphatic heterocycles. The summed E-state index contributed by atoms with van der Waals surface area (Å²) >= 11 is 2.27. The Morgan fingerprint density at radius 3 is 2.58 bits per heavy atom. The van der Waals surface area contributed by atoms with E-state index < -0.39 is 0 Å². The number of likely N-dealkylation sites (tertiary alicyclic amines) is 1. The Morgan fingerprint density at radius 2 is 1.84 bits per heavy atom. The van der Waals surface area contributed by atoms with Gasteiger partial charge in [0.1, 0.15) is 0 Å². The summed E-state index contributed by atoms with van der Waals surface area (Å²) in [7, 11) is 0. The predicted octanol–water partition coefficient (Wildman–Crippen LogP) is 4.09. The molecule has 1 atom stereocenters. The summed E-state index contributed by atoms with van der Waals surface area (Å²) in [5, 5.41) is 0. The average molecular weight is 369 g/mol. The van der Waals surface area contributed by atoms with Crippen LogP contribution in [-0.2, 0) is 0 Å². The molecular weight excluding hydrogens is 349 g/mol. The van der Waals surface area contributed by atoms with E-state index in [-0.39, 0.29) is 5.91 Å². The molecule has 1 heterocycles. The first-order chi connectivity index (χ1) is 9.27. The molecule has 1 aliphatic carbocycles. The van der Waals surface area contributed by atoms with E-state index in [1.165, 1.54) is 38.5 Å². The average Bonchev–Trinajstić information content (AvgIpc) is 3.09. The molecule has 2 nitrogen and oxygen atoms in total. The molecular formula is C16H20INO. The summed E-state index contributed by atoms with van der Waals surface area (Å²) in [4.78, 5) is 14.9. The number of rotatable bonds is 2. The van der Waals surface area contributed by atoms with E-state index in [2.05, 4.69) is 27.5 Å². The van der Waals surface area contributed by atoms with Crippen molar-refractivity contribution in [2.24, 2.45) is 5.92 Å². The predicted molar refractivity (Wildman–Crippen MR) is 85.2 cm³/mol. The van der Waals surface area contributed by atoms with Crippen molar-refractivity contribution in [2.45, 2.75) is 44.6 Å². The molecule has 1 amide bonds. The van der Waals surface area contributed by atoms with Crippen molar-refractivity contribution < 1.29 is 4.79 Å². The molecule has 2 aliphatic rings. The summed E-state index contributed by atoms with van der Waals surface area (Å²) in [6.45, 7) is 0.949. The lowest BCUT2D eigenvalue weighted by molar-refractivity contribution is 0.0688. The van der Waals surface area contributed by atoms with Crippen molar-refractivity contribution in [1.82, 2.24) is 4.90 Å². The second-order valence-corrected chi connectivity index (χ2v) is 6.89. The van der Waals surface area contributed by atoms with Gasteiger partial charge in [-0.25, -0.2) is 0 Å². The Bertz CT molecular complexity index is 468. The smallest absolute Gasteiger partial charge is 0.255 e. The molecule has 0 aromatic heterocycles. The highest BCUT2D eigenvalue weighted by Gasteiger charge is 2.36. The molecule has 2 fully saturated rings. The fourth-order valence-corrected chi connectivity index (χ4v) is 4.28. The maximum atomic E-state index is 12.8. The zero-order valence-corrected chi connectivity index (χ0v) is 13.3. The van der Waals surface area contributed by atoms with Gasteiger partial charge < -0.3 is 4.90 Å². The highest BCUT2D eigenvalue weighted by molar-refractivity contribution is 14.1. The SMILES string of the molecule is O=C(c1ccccc1I)N1CCCC1C1CCCC1. The Morgan fingerprint density at radius 1 is 1.11 bits per heavy atom. The number of carbonyl (C=O) groups is 1. The van der Waals surface area contributed by atoms with E-state index in [1.54, 1.807) is 0 Å². The number of halogens is 1. The minimum absolute atomic E-state index is 0.249. The summed E-state index contributed by atoms with van der Waals surface area (Å²) in [5.41, 5.74) is 0.882. The second-order valence-electron chi connectivity index (χ2n) is 5.73. The van der Waals surface area contributed by atoms with Crippen molar-refractivity contribution in [2.75, 3.05) is 6.54 Å². The van der Waals surface area contributed by atoms with Gasteiger partial charge in [-0.2, -0.15) is 0 Å². The summed E-state index contributed by atoms with van der Waals surface area (Å²) in [6, 6.07) is 8.46. The number of carbonyl (C=O) groups excluding carboxylic acids is 1. The second kappa shape index (κ2) is 5.81. The van der Waals surface area contributed by atoms with E-state index in [0.29, 0.717) is 6.04 Å². The van der Waals surface area contributed by atoms with Gasteiger partial charge in [-0.1, -0.05) is 25.0 Å². The van der Waals surface area contributed by atoms with Crippen molar-refractivity contribution >= 4 is 28.5 Å². The van der Waals surface area contributed by atoms with Crippen LogP contribution in [0.4, 0.5) is 0 Å². The topological polar surface area (TPSA) is 20.3 Å². The van der Waals surface area contributed by atoms with E-state index in [1.807, 2.05) is 24.3 Å². The summed E-state index contributed by atoms with van der Waals surface area (Å²) in [5.74, 6) is 1.01. The molecule has 1 unspecified atom stereocenters. The van der Waals surface area contributed by atoms with Gasteiger partial charge in [0.25, 0.3) is 5.91 Å². The Labute approximate surface area is 128 Å². The number of amides is 1. The molecule has 1 aromatic rings. The van der Waals surface area contributed by atoms with Crippen molar-refractivity contribution in [1.29, 1.82) is 0 Å². The maximum Gasteiger partial charge on any atom is 0.255 e. The highest BCUT2D eigenvalue weighted by atomic mass is 127. The van der Waals surface area contributed by atoms with Crippen LogP contribution in [0, 0.1) is 9.49 Å². The first-order valence-electron chi connectivity index (χ1n) is 7.33. The number of hydrogen-bond donors (Lipinski definition) is 0. The largest absolute Gasteiger partial charge is 0.335 e. The third kappa shape index (κ3) is 2.67. The van der Waals surface area contributed by atoms with Crippen LogP contribution >= 0.6 is 22.6 Å². The lowest BCUT2D eigenvalue weighted by Gasteiger charge is -2.29. The molecule has 0 bridgehead atoms. The molecule has 1 saturated carbocycles. The monoisotopic (exact) mass is 369 g/mol. The van der Waals surface area contributed by atoms with Gasteiger partial charge in [0.15, 0.2) is 0 Å². The van der Waals surface area contributed by atoms with Gasteiger partial charge in [0.2, 0.25) is 0 Å². The molecule has 1 saturated heterocycles. The van der Waals surface area contributed by atoms with Gasteiger partial charge >= 0.3 is 0 Å². The Kier molecular flexibility index (Phi) is 4.10. The van der Waals surface area contributed by atoms with Gasteiger partial charge in [-0.3, -0.25) is 4.79 Å². The third-order valence-electron chi connectivity index (χ3n) is 4.61. The Hall–Kier alpha value is -0.580. The molecule has 0 radical (unpaired) electrons. The number of nitrogens with zero attached hydrogens (tertiary/aromatic N) is 1. The highest BCUT2D eigenvalue weighted by Crippen LogP contribution is 2.36. The van der Waals surface area contributed by atoms with E-state index in [9.17, 15) is 4.79 Å². The summed E-state index contributed by atoms with van der Waals surface area (Å²) in [6.07, 6.45) is 7.73. The number of hydrogen-bond acceptors (Lipinski definition) is 1. The van der Waals surface area contributed by atoms with Crippen LogP contribution in [0.15, 0.2) is 24.3 Å². The zero-order chi connectivity index (χ0) is 13.2. The normalized spacial score (nSPS) is 24.1. The molecule has 3 rings (SSSR count). The molecule has 1 aromatic carbocycles.